The van der Waals surface area contributed by atoms with E-state index < -0.39 is 0 Å². The van der Waals surface area contributed by atoms with E-state index in [9.17, 15) is 0 Å². The van der Waals surface area contributed by atoms with Gasteiger partial charge in [0.2, 0.25) is 0 Å². The summed E-state index contributed by atoms with van der Waals surface area (Å²) in [4.78, 5) is 4.14. The van der Waals surface area contributed by atoms with Crippen LogP contribution in [0.1, 0.15) is 37.8 Å². The van der Waals surface area contributed by atoms with Gasteiger partial charge in [-0.15, -0.1) is 0 Å². The third-order valence-electron chi connectivity index (χ3n) is 3.65. The van der Waals surface area contributed by atoms with E-state index in [-0.39, 0.29) is 6.04 Å². The van der Waals surface area contributed by atoms with E-state index in [1.54, 1.807) is 13.3 Å². The van der Waals surface area contributed by atoms with Crippen molar-refractivity contribution in [1.82, 2.24) is 10.3 Å². The Morgan fingerprint density at radius 1 is 1.58 bits per heavy atom. The van der Waals surface area contributed by atoms with Gasteiger partial charge in [-0.05, 0) is 31.9 Å². The van der Waals surface area contributed by atoms with Gasteiger partial charge >= 0.3 is 0 Å². The fourth-order valence-electron chi connectivity index (χ4n) is 2.68. The fourth-order valence-corrected chi connectivity index (χ4v) is 2.68. The van der Waals surface area contributed by atoms with Crippen LogP contribution in [0.25, 0.3) is 0 Å². The predicted molar refractivity (Wildman–Crippen MR) is 75.4 cm³/mol. The molecule has 4 heteroatoms. The number of pyridine rings is 1. The maximum atomic E-state index is 5.64. The molecule has 19 heavy (non-hydrogen) atoms. The molecule has 1 aromatic heterocycles. The third-order valence-corrected chi connectivity index (χ3v) is 3.65. The molecule has 1 aromatic rings. The predicted octanol–water partition coefficient (Wildman–Crippen LogP) is 2.56. The first-order valence-electron chi connectivity index (χ1n) is 7.15. The molecule has 1 aliphatic heterocycles. The quantitative estimate of drug-likeness (QED) is 0.857. The van der Waals surface area contributed by atoms with Crippen molar-refractivity contribution in [2.45, 2.75) is 32.2 Å². The van der Waals surface area contributed by atoms with E-state index in [0.29, 0.717) is 5.92 Å². The van der Waals surface area contributed by atoms with Crippen molar-refractivity contribution in [3.8, 4) is 5.75 Å². The number of aromatic nitrogens is 1. The van der Waals surface area contributed by atoms with Crippen LogP contribution in [-0.2, 0) is 4.74 Å². The summed E-state index contributed by atoms with van der Waals surface area (Å²) in [5.74, 6) is 1.37. The van der Waals surface area contributed by atoms with Crippen LogP contribution < -0.4 is 10.1 Å². The second-order valence-corrected chi connectivity index (χ2v) is 5.03. The molecular formula is C15H24N2O2. The van der Waals surface area contributed by atoms with Crippen LogP contribution in [-0.4, -0.2) is 31.9 Å². The first kappa shape index (κ1) is 14.3. The van der Waals surface area contributed by atoms with Crippen LogP contribution in [0.2, 0.25) is 0 Å². The molecule has 1 saturated heterocycles. The van der Waals surface area contributed by atoms with Gasteiger partial charge < -0.3 is 14.8 Å². The summed E-state index contributed by atoms with van der Waals surface area (Å²) in [6.07, 6.45) is 7.09. The highest BCUT2D eigenvalue weighted by atomic mass is 16.5. The van der Waals surface area contributed by atoms with Crippen LogP contribution in [0.4, 0.5) is 0 Å². The lowest BCUT2D eigenvalue weighted by Gasteiger charge is -2.32. The molecule has 0 aromatic carbocycles. The Morgan fingerprint density at radius 3 is 3.16 bits per heavy atom. The second kappa shape index (κ2) is 7.46. The van der Waals surface area contributed by atoms with Crippen molar-refractivity contribution < 1.29 is 9.47 Å². The Bertz CT molecular complexity index is 378. The number of hydrogen-bond donors (Lipinski definition) is 1. The third kappa shape index (κ3) is 3.67. The van der Waals surface area contributed by atoms with Crippen LogP contribution in [0.5, 0.6) is 5.75 Å². The zero-order valence-electron chi connectivity index (χ0n) is 11.9. The molecule has 0 radical (unpaired) electrons. The summed E-state index contributed by atoms with van der Waals surface area (Å²) in [6, 6.07) is 2.35. The van der Waals surface area contributed by atoms with Crippen LogP contribution in [0.3, 0.4) is 0 Å². The highest BCUT2D eigenvalue weighted by Gasteiger charge is 2.27. The lowest BCUT2D eigenvalue weighted by Crippen LogP contribution is -2.34. The maximum absolute atomic E-state index is 5.64. The molecule has 2 unspecified atom stereocenters. The molecule has 0 aliphatic carbocycles. The van der Waals surface area contributed by atoms with Crippen molar-refractivity contribution >= 4 is 0 Å². The SMILES string of the molecule is CCCNC(c1ccncc1OC)C1CCCOC1. The molecule has 106 valence electrons. The lowest BCUT2D eigenvalue weighted by molar-refractivity contribution is 0.0386. The van der Waals surface area contributed by atoms with Gasteiger partial charge in [-0.1, -0.05) is 6.92 Å². The van der Waals surface area contributed by atoms with Crippen molar-refractivity contribution in [3.63, 3.8) is 0 Å². The average molecular weight is 264 g/mol. The summed E-state index contributed by atoms with van der Waals surface area (Å²) in [5.41, 5.74) is 1.20. The Morgan fingerprint density at radius 2 is 2.47 bits per heavy atom. The molecule has 2 atom stereocenters. The number of rotatable bonds is 6. The second-order valence-electron chi connectivity index (χ2n) is 5.03. The van der Waals surface area contributed by atoms with E-state index in [4.69, 9.17) is 9.47 Å². The molecule has 4 nitrogen and oxygen atoms in total. The van der Waals surface area contributed by atoms with E-state index >= 15 is 0 Å². The number of nitrogens with zero attached hydrogens (tertiary/aromatic N) is 1. The van der Waals surface area contributed by atoms with E-state index in [2.05, 4.69) is 23.3 Å². The molecule has 0 spiro atoms. The normalized spacial score (nSPS) is 21.1. The fraction of sp³-hybridized carbons (Fsp3) is 0.667. The summed E-state index contributed by atoms with van der Waals surface area (Å²) in [7, 11) is 1.70. The maximum Gasteiger partial charge on any atom is 0.141 e. The summed E-state index contributed by atoms with van der Waals surface area (Å²) >= 11 is 0. The first-order chi connectivity index (χ1) is 9.36. The van der Waals surface area contributed by atoms with Crippen LogP contribution in [0.15, 0.2) is 18.5 Å². The topological polar surface area (TPSA) is 43.4 Å². The molecule has 1 fully saturated rings. The standard InChI is InChI=1S/C15H24N2O2/c1-3-7-17-15(12-5-4-9-19-11-12)13-6-8-16-10-14(13)18-2/h6,8,10,12,15,17H,3-5,7,9,11H2,1-2H3. The number of nitrogens with one attached hydrogen (secondary N) is 1. The Hall–Kier alpha value is -1.13. The van der Waals surface area contributed by atoms with Gasteiger partial charge in [-0.25, -0.2) is 0 Å². The van der Waals surface area contributed by atoms with Gasteiger partial charge in [0, 0.05) is 30.3 Å². The lowest BCUT2D eigenvalue weighted by atomic mass is 9.88. The van der Waals surface area contributed by atoms with E-state index in [1.165, 1.54) is 12.0 Å². The largest absolute Gasteiger partial charge is 0.495 e. The van der Waals surface area contributed by atoms with Crippen LogP contribution in [0, 0.1) is 5.92 Å². The van der Waals surface area contributed by atoms with Crippen molar-refractivity contribution in [2.75, 3.05) is 26.9 Å². The van der Waals surface area contributed by atoms with Gasteiger partial charge in [0.25, 0.3) is 0 Å². The summed E-state index contributed by atoms with van der Waals surface area (Å²) in [5, 5.41) is 3.64. The molecular weight excluding hydrogens is 240 g/mol. The van der Waals surface area contributed by atoms with Gasteiger partial charge in [0.15, 0.2) is 0 Å². The average Bonchev–Trinajstić information content (AvgIpc) is 2.49. The minimum absolute atomic E-state index is 0.290. The highest BCUT2D eigenvalue weighted by Crippen LogP contribution is 2.33. The monoisotopic (exact) mass is 264 g/mol. The van der Waals surface area contributed by atoms with Gasteiger partial charge in [0.1, 0.15) is 5.75 Å². The smallest absolute Gasteiger partial charge is 0.141 e. The van der Waals surface area contributed by atoms with Gasteiger partial charge in [-0.3, -0.25) is 4.98 Å². The number of methoxy groups -OCH3 is 1. The van der Waals surface area contributed by atoms with Gasteiger partial charge in [0.05, 0.1) is 19.9 Å². The Labute approximate surface area is 115 Å². The molecule has 1 N–H and O–H groups in total. The Kier molecular flexibility index (Phi) is 5.61. The molecule has 0 saturated carbocycles. The van der Waals surface area contributed by atoms with Crippen molar-refractivity contribution in [3.05, 3.63) is 24.0 Å². The Balaban J connectivity index is 2.19. The molecule has 2 heterocycles. The summed E-state index contributed by atoms with van der Waals surface area (Å²) < 4.78 is 11.1. The molecule has 0 bridgehead atoms. The summed E-state index contributed by atoms with van der Waals surface area (Å²) in [6.45, 7) is 4.91. The highest BCUT2D eigenvalue weighted by molar-refractivity contribution is 5.33. The van der Waals surface area contributed by atoms with E-state index in [1.807, 2.05) is 6.20 Å². The van der Waals surface area contributed by atoms with Crippen molar-refractivity contribution in [1.29, 1.82) is 0 Å². The number of ether oxygens (including phenoxy) is 2. The number of hydrogen-bond acceptors (Lipinski definition) is 4. The van der Waals surface area contributed by atoms with Gasteiger partial charge in [-0.2, -0.15) is 0 Å². The molecule has 2 rings (SSSR count). The van der Waals surface area contributed by atoms with Crippen molar-refractivity contribution in [2.24, 2.45) is 5.92 Å². The minimum Gasteiger partial charge on any atom is -0.495 e. The zero-order valence-corrected chi connectivity index (χ0v) is 11.9. The minimum atomic E-state index is 0.290. The van der Waals surface area contributed by atoms with E-state index in [0.717, 1.165) is 38.3 Å². The molecule has 0 amide bonds. The molecule has 1 aliphatic rings. The van der Waals surface area contributed by atoms with Crippen LogP contribution >= 0.6 is 0 Å². The first-order valence-corrected chi connectivity index (χ1v) is 7.15. The zero-order chi connectivity index (χ0) is 13.5.